The molecule has 0 heterocycles. The van der Waals surface area contributed by atoms with Gasteiger partial charge in [-0.15, -0.1) is 0 Å². The summed E-state index contributed by atoms with van der Waals surface area (Å²) in [4.78, 5) is 10.3. The summed E-state index contributed by atoms with van der Waals surface area (Å²) in [5.74, 6) is -0.663. The van der Waals surface area contributed by atoms with Crippen molar-refractivity contribution < 1.29 is 32.5 Å². The number of ether oxygens (including phenoxy) is 2. The van der Waals surface area contributed by atoms with Crippen molar-refractivity contribution in [1.82, 2.24) is 0 Å². The molecule has 0 aliphatic rings. The van der Waals surface area contributed by atoms with E-state index < -0.39 is 24.1 Å². The minimum Gasteiger partial charge on any atom is -0.497 e. The molecule has 110 valence electrons. The quantitative estimate of drug-likeness (QED) is 0.818. The van der Waals surface area contributed by atoms with Crippen LogP contribution in [0.15, 0.2) is 35.9 Å². The predicted molar refractivity (Wildman–Crippen MR) is 64.9 cm³/mol. The van der Waals surface area contributed by atoms with E-state index in [1.807, 2.05) is 0 Å². The Labute approximate surface area is 113 Å². The number of alkyl halides is 3. The van der Waals surface area contributed by atoms with E-state index in [1.54, 1.807) is 24.3 Å². The summed E-state index contributed by atoms with van der Waals surface area (Å²) in [6, 6.07) is 6.31. The van der Waals surface area contributed by atoms with Crippen LogP contribution >= 0.6 is 0 Å². The Morgan fingerprint density at radius 1 is 1.25 bits per heavy atom. The summed E-state index contributed by atoms with van der Waals surface area (Å²) >= 11 is 0. The number of carbonyl (C=O) groups is 1. The maximum Gasteiger partial charge on any atom is 0.413 e. The summed E-state index contributed by atoms with van der Waals surface area (Å²) in [7, 11) is 1.49. The van der Waals surface area contributed by atoms with Crippen LogP contribution in [0.2, 0.25) is 0 Å². The third-order valence-electron chi connectivity index (χ3n) is 2.36. The average molecular weight is 290 g/mol. The Morgan fingerprint density at radius 2 is 1.80 bits per heavy atom. The molecule has 1 rings (SSSR count). The van der Waals surface area contributed by atoms with E-state index in [0.717, 1.165) is 0 Å². The van der Waals surface area contributed by atoms with Crippen LogP contribution in [0.1, 0.15) is 6.42 Å². The van der Waals surface area contributed by atoms with Crippen LogP contribution in [-0.4, -0.2) is 31.0 Å². The van der Waals surface area contributed by atoms with Crippen molar-refractivity contribution in [1.29, 1.82) is 0 Å². The molecule has 0 radical (unpaired) electrons. The van der Waals surface area contributed by atoms with Crippen molar-refractivity contribution in [2.75, 3.05) is 13.7 Å². The molecule has 0 saturated heterocycles. The number of halogens is 3. The van der Waals surface area contributed by atoms with Gasteiger partial charge in [-0.3, -0.25) is 0 Å². The van der Waals surface area contributed by atoms with Crippen LogP contribution < -0.4 is 9.47 Å². The zero-order valence-electron chi connectivity index (χ0n) is 10.6. The van der Waals surface area contributed by atoms with Gasteiger partial charge in [-0.2, -0.15) is 13.2 Å². The van der Waals surface area contributed by atoms with E-state index >= 15 is 0 Å². The predicted octanol–water partition coefficient (Wildman–Crippen LogP) is 3.04. The van der Waals surface area contributed by atoms with Gasteiger partial charge in [0.15, 0.2) is 0 Å². The van der Waals surface area contributed by atoms with Crippen LogP contribution in [0.4, 0.5) is 13.2 Å². The average Bonchev–Trinajstić information content (AvgIpc) is 2.37. The first kappa shape index (κ1) is 15.9. The van der Waals surface area contributed by atoms with E-state index in [9.17, 15) is 18.0 Å². The molecule has 0 unspecified atom stereocenters. The standard InChI is InChI=1S/C13H13F3O4/c1-19-10-2-4-11(5-3-10)20-7-6-9(8-12(17)18)13(14,15)16/h2-5,8H,6-7H2,1H3,(H,17,18)/b9-8+. The smallest absolute Gasteiger partial charge is 0.413 e. The van der Waals surface area contributed by atoms with Gasteiger partial charge in [0, 0.05) is 18.1 Å². The van der Waals surface area contributed by atoms with Crippen molar-refractivity contribution in [3.8, 4) is 11.5 Å². The highest BCUT2D eigenvalue weighted by molar-refractivity contribution is 5.80. The second kappa shape index (κ2) is 6.83. The highest BCUT2D eigenvalue weighted by Gasteiger charge is 2.33. The Hall–Kier alpha value is -2.18. The molecule has 1 N–H and O–H groups in total. The summed E-state index contributed by atoms with van der Waals surface area (Å²) in [6.07, 6.45) is -5.07. The Morgan fingerprint density at radius 3 is 2.25 bits per heavy atom. The van der Waals surface area contributed by atoms with Gasteiger partial charge < -0.3 is 14.6 Å². The third kappa shape index (κ3) is 5.21. The molecule has 0 aliphatic heterocycles. The molecular weight excluding hydrogens is 277 g/mol. The van der Waals surface area contributed by atoms with E-state index in [4.69, 9.17) is 14.6 Å². The zero-order valence-corrected chi connectivity index (χ0v) is 10.6. The maximum absolute atomic E-state index is 12.5. The normalized spacial score (nSPS) is 12.1. The number of hydrogen-bond donors (Lipinski definition) is 1. The first-order valence-electron chi connectivity index (χ1n) is 5.60. The van der Waals surface area contributed by atoms with Gasteiger partial charge in [0.25, 0.3) is 0 Å². The van der Waals surface area contributed by atoms with Gasteiger partial charge >= 0.3 is 12.1 Å². The molecule has 0 spiro atoms. The summed E-state index contributed by atoms with van der Waals surface area (Å²) in [5.41, 5.74) is -1.14. The Kier molecular flexibility index (Phi) is 5.42. The van der Waals surface area contributed by atoms with Gasteiger partial charge in [-0.25, -0.2) is 4.79 Å². The molecule has 0 saturated carbocycles. The fraction of sp³-hybridized carbons (Fsp3) is 0.308. The van der Waals surface area contributed by atoms with Gasteiger partial charge in [0.05, 0.1) is 13.7 Å². The molecule has 0 amide bonds. The largest absolute Gasteiger partial charge is 0.497 e. The minimum atomic E-state index is -4.68. The highest BCUT2D eigenvalue weighted by Crippen LogP contribution is 2.28. The number of hydrogen-bond acceptors (Lipinski definition) is 3. The molecule has 0 atom stereocenters. The van der Waals surface area contributed by atoms with Gasteiger partial charge in [0.2, 0.25) is 0 Å². The summed E-state index contributed by atoms with van der Waals surface area (Å²) in [6.45, 7) is -0.273. The molecule has 7 heteroatoms. The third-order valence-corrected chi connectivity index (χ3v) is 2.36. The van der Waals surface area contributed by atoms with Crippen LogP contribution in [0.25, 0.3) is 0 Å². The molecule has 0 aromatic heterocycles. The first-order valence-corrected chi connectivity index (χ1v) is 5.60. The van der Waals surface area contributed by atoms with Crippen LogP contribution in [-0.2, 0) is 4.79 Å². The zero-order chi connectivity index (χ0) is 15.2. The number of carboxylic acids is 1. The number of carboxylic acid groups (broad SMARTS) is 1. The topological polar surface area (TPSA) is 55.8 Å². The molecule has 0 aliphatic carbocycles. The van der Waals surface area contributed by atoms with Crippen molar-refractivity contribution in [2.24, 2.45) is 0 Å². The summed E-state index contributed by atoms with van der Waals surface area (Å²) < 4.78 is 47.5. The second-order valence-electron chi connectivity index (χ2n) is 3.78. The Balaban J connectivity index is 2.58. The minimum absolute atomic E-state index is 0.150. The molecule has 0 bridgehead atoms. The van der Waals surface area contributed by atoms with Gasteiger partial charge in [-0.05, 0) is 24.3 Å². The van der Waals surface area contributed by atoms with E-state index in [0.29, 0.717) is 11.5 Å². The van der Waals surface area contributed by atoms with E-state index in [-0.39, 0.29) is 12.7 Å². The number of aliphatic carboxylic acids is 1. The SMILES string of the molecule is COc1ccc(OCC/C(=C\C(=O)O)C(F)(F)F)cc1. The van der Waals surface area contributed by atoms with Crippen LogP contribution in [0.3, 0.4) is 0 Å². The lowest BCUT2D eigenvalue weighted by atomic mass is 10.2. The lowest BCUT2D eigenvalue weighted by molar-refractivity contribution is -0.132. The van der Waals surface area contributed by atoms with Crippen molar-refractivity contribution in [3.63, 3.8) is 0 Å². The number of benzene rings is 1. The molecule has 4 nitrogen and oxygen atoms in total. The van der Waals surface area contributed by atoms with Crippen molar-refractivity contribution in [2.45, 2.75) is 12.6 Å². The molecule has 1 aromatic rings. The van der Waals surface area contributed by atoms with Gasteiger partial charge in [-0.1, -0.05) is 0 Å². The first-order chi connectivity index (χ1) is 9.32. The van der Waals surface area contributed by atoms with Crippen LogP contribution in [0.5, 0.6) is 11.5 Å². The van der Waals surface area contributed by atoms with Gasteiger partial charge in [0.1, 0.15) is 11.5 Å². The van der Waals surface area contributed by atoms with Crippen molar-refractivity contribution >= 4 is 5.97 Å². The Bertz CT molecular complexity index is 477. The number of rotatable bonds is 6. The lowest BCUT2D eigenvalue weighted by Crippen LogP contribution is -2.16. The fourth-order valence-corrected chi connectivity index (χ4v) is 1.40. The fourth-order valence-electron chi connectivity index (χ4n) is 1.40. The second-order valence-corrected chi connectivity index (χ2v) is 3.78. The van der Waals surface area contributed by atoms with E-state index in [2.05, 4.69) is 0 Å². The molecule has 0 fully saturated rings. The molecular formula is C13H13F3O4. The molecule has 20 heavy (non-hydrogen) atoms. The lowest BCUT2D eigenvalue weighted by Gasteiger charge is -2.12. The van der Waals surface area contributed by atoms with Crippen LogP contribution in [0, 0.1) is 0 Å². The summed E-state index contributed by atoms with van der Waals surface area (Å²) in [5, 5.41) is 8.39. The monoisotopic (exact) mass is 290 g/mol. The molecule has 1 aromatic carbocycles. The maximum atomic E-state index is 12.5. The van der Waals surface area contributed by atoms with E-state index in [1.165, 1.54) is 7.11 Å². The highest BCUT2D eigenvalue weighted by atomic mass is 19.4. The number of methoxy groups -OCH3 is 1. The van der Waals surface area contributed by atoms with Crippen molar-refractivity contribution in [3.05, 3.63) is 35.9 Å².